The summed E-state index contributed by atoms with van der Waals surface area (Å²) >= 11 is 0. The number of amides is 1. The fourth-order valence-electron chi connectivity index (χ4n) is 0.777. The number of carbonyl (C=O) groups excluding carboxylic acids is 1. The first kappa shape index (κ1) is 12.4. The maximum atomic E-state index is 10.3. The molecule has 0 heterocycles. The van der Waals surface area contributed by atoms with E-state index in [0.717, 1.165) is 13.0 Å². The van der Waals surface area contributed by atoms with Crippen molar-refractivity contribution < 1.29 is 9.53 Å². The highest BCUT2D eigenvalue weighted by Gasteiger charge is 1.94. The number of hydrogen-bond donors (Lipinski definition) is 2. The molecule has 0 aliphatic rings. The van der Waals surface area contributed by atoms with Crippen LogP contribution in [0.15, 0.2) is 0 Å². The Kier molecular flexibility index (Phi) is 7.63. The van der Waals surface area contributed by atoms with Gasteiger partial charge in [0.1, 0.15) is 0 Å². The summed E-state index contributed by atoms with van der Waals surface area (Å²) in [5, 5.41) is 2.87. The van der Waals surface area contributed by atoms with E-state index < -0.39 is 0 Å². The van der Waals surface area contributed by atoms with E-state index in [1.165, 1.54) is 0 Å². The summed E-state index contributed by atoms with van der Waals surface area (Å²) in [7, 11) is 0. The monoisotopic (exact) mass is 188 g/mol. The summed E-state index contributed by atoms with van der Waals surface area (Å²) in [5.41, 5.74) is 4.93. The summed E-state index contributed by atoms with van der Waals surface area (Å²) in [5.74, 6) is 0.348. The minimum atomic E-state index is -0.331. The van der Waals surface area contributed by atoms with Crippen molar-refractivity contribution in [1.29, 1.82) is 0 Å². The maximum Gasteiger partial charge on any atom is 0.231 e. The van der Waals surface area contributed by atoms with Crippen molar-refractivity contribution in [3.8, 4) is 0 Å². The van der Waals surface area contributed by atoms with Crippen molar-refractivity contribution in [1.82, 2.24) is 5.32 Å². The Hall–Kier alpha value is -0.610. The Morgan fingerprint density at radius 3 is 2.69 bits per heavy atom. The second kappa shape index (κ2) is 8.01. The molecule has 0 spiro atoms. The molecular weight excluding hydrogens is 168 g/mol. The molecule has 0 aliphatic carbocycles. The van der Waals surface area contributed by atoms with E-state index in [0.29, 0.717) is 19.1 Å². The van der Waals surface area contributed by atoms with Gasteiger partial charge in [0, 0.05) is 13.2 Å². The predicted octanol–water partition coefficient (Wildman–Crippen LogP) is 0.124. The lowest BCUT2D eigenvalue weighted by Gasteiger charge is -2.06. The lowest BCUT2D eigenvalue weighted by atomic mass is 10.1. The van der Waals surface area contributed by atoms with Gasteiger partial charge in [-0.3, -0.25) is 4.79 Å². The molecule has 13 heavy (non-hydrogen) atoms. The highest BCUT2D eigenvalue weighted by atomic mass is 16.5. The predicted molar refractivity (Wildman–Crippen MR) is 52.3 cm³/mol. The van der Waals surface area contributed by atoms with E-state index in [-0.39, 0.29) is 12.5 Å². The second-order valence-corrected chi connectivity index (χ2v) is 3.44. The van der Waals surface area contributed by atoms with Crippen molar-refractivity contribution in [2.24, 2.45) is 11.7 Å². The van der Waals surface area contributed by atoms with Crippen molar-refractivity contribution in [2.45, 2.75) is 20.3 Å². The number of ether oxygens (including phenoxy) is 1. The fraction of sp³-hybridized carbons (Fsp3) is 0.889. The van der Waals surface area contributed by atoms with Gasteiger partial charge in [-0.05, 0) is 12.3 Å². The van der Waals surface area contributed by atoms with E-state index in [1.807, 2.05) is 0 Å². The Morgan fingerprint density at radius 2 is 2.15 bits per heavy atom. The molecule has 0 aromatic carbocycles. The largest absolute Gasteiger partial charge is 0.380 e. The van der Waals surface area contributed by atoms with E-state index in [2.05, 4.69) is 19.2 Å². The van der Waals surface area contributed by atoms with Crippen LogP contribution in [0.25, 0.3) is 0 Å². The van der Waals surface area contributed by atoms with Crippen LogP contribution in [0.5, 0.6) is 0 Å². The summed E-state index contributed by atoms with van der Waals surface area (Å²) in [4.78, 5) is 10.3. The Balaban J connectivity index is 2.96. The highest BCUT2D eigenvalue weighted by molar-refractivity contribution is 5.75. The lowest BCUT2D eigenvalue weighted by Crippen LogP contribution is -2.30. The number of rotatable bonds is 8. The van der Waals surface area contributed by atoms with E-state index >= 15 is 0 Å². The van der Waals surface area contributed by atoms with Crippen LogP contribution >= 0.6 is 0 Å². The average molecular weight is 188 g/mol. The van der Waals surface area contributed by atoms with Gasteiger partial charge in [-0.2, -0.15) is 0 Å². The summed E-state index contributed by atoms with van der Waals surface area (Å²) in [6.45, 7) is 6.66. The molecule has 0 rings (SSSR count). The van der Waals surface area contributed by atoms with Crippen LogP contribution in [0.3, 0.4) is 0 Å². The third-order valence-corrected chi connectivity index (χ3v) is 1.56. The number of nitrogens with one attached hydrogen (secondary N) is 1. The van der Waals surface area contributed by atoms with Crippen molar-refractivity contribution in [3.63, 3.8) is 0 Å². The molecule has 0 atom stereocenters. The third-order valence-electron chi connectivity index (χ3n) is 1.56. The zero-order valence-electron chi connectivity index (χ0n) is 8.51. The quantitative estimate of drug-likeness (QED) is 0.532. The van der Waals surface area contributed by atoms with Gasteiger partial charge in [0.25, 0.3) is 0 Å². The van der Waals surface area contributed by atoms with E-state index in [1.54, 1.807) is 0 Å². The van der Waals surface area contributed by atoms with Gasteiger partial charge in [-0.15, -0.1) is 0 Å². The fourth-order valence-corrected chi connectivity index (χ4v) is 0.777. The van der Waals surface area contributed by atoms with Crippen LogP contribution in [0.2, 0.25) is 0 Å². The lowest BCUT2D eigenvalue weighted by molar-refractivity contribution is -0.117. The number of carbonyl (C=O) groups is 1. The molecule has 0 bridgehead atoms. The molecule has 0 radical (unpaired) electrons. The summed E-state index contributed by atoms with van der Waals surface area (Å²) < 4.78 is 5.31. The second-order valence-electron chi connectivity index (χ2n) is 3.44. The first-order valence-electron chi connectivity index (χ1n) is 4.69. The van der Waals surface area contributed by atoms with Crippen molar-refractivity contribution in [2.75, 3.05) is 26.3 Å². The number of nitrogens with two attached hydrogens (primary N) is 1. The minimum absolute atomic E-state index is 0.230. The molecule has 0 aromatic rings. The van der Waals surface area contributed by atoms with Crippen LogP contribution in [-0.4, -0.2) is 32.2 Å². The van der Waals surface area contributed by atoms with Crippen LogP contribution in [-0.2, 0) is 9.53 Å². The molecule has 4 nitrogen and oxygen atoms in total. The SMILES string of the molecule is CC(C)CCOCCNCC(N)=O. The molecule has 0 aromatic heterocycles. The average Bonchev–Trinajstić information content (AvgIpc) is 2.01. The molecule has 0 aliphatic heterocycles. The molecule has 1 amide bonds. The Labute approximate surface area is 79.8 Å². The maximum absolute atomic E-state index is 10.3. The van der Waals surface area contributed by atoms with Crippen LogP contribution in [0.1, 0.15) is 20.3 Å². The molecule has 78 valence electrons. The van der Waals surface area contributed by atoms with Gasteiger partial charge in [0.15, 0.2) is 0 Å². The molecule has 0 fully saturated rings. The number of primary amides is 1. The highest BCUT2D eigenvalue weighted by Crippen LogP contribution is 1.97. The zero-order chi connectivity index (χ0) is 10.1. The normalized spacial score (nSPS) is 10.7. The standard InChI is InChI=1S/C9H20N2O2/c1-8(2)3-5-13-6-4-11-7-9(10)12/h8,11H,3-7H2,1-2H3,(H2,10,12). The van der Waals surface area contributed by atoms with Crippen LogP contribution in [0, 0.1) is 5.92 Å². The van der Waals surface area contributed by atoms with Crippen LogP contribution < -0.4 is 11.1 Å². The molecule has 0 unspecified atom stereocenters. The molecule has 4 heteroatoms. The summed E-state index contributed by atoms with van der Waals surface area (Å²) in [6, 6.07) is 0. The topological polar surface area (TPSA) is 64.3 Å². The molecular formula is C9H20N2O2. The zero-order valence-corrected chi connectivity index (χ0v) is 8.51. The van der Waals surface area contributed by atoms with E-state index in [4.69, 9.17) is 10.5 Å². The van der Waals surface area contributed by atoms with Gasteiger partial charge in [-0.1, -0.05) is 13.8 Å². The van der Waals surface area contributed by atoms with Crippen LogP contribution in [0.4, 0.5) is 0 Å². The van der Waals surface area contributed by atoms with E-state index in [9.17, 15) is 4.79 Å². The van der Waals surface area contributed by atoms with Gasteiger partial charge in [-0.25, -0.2) is 0 Å². The Morgan fingerprint density at radius 1 is 1.46 bits per heavy atom. The summed E-state index contributed by atoms with van der Waals surface area (Å²) in [6.07, 6.45) is 1.08. The Bertz CT molecular complexity index is 138. The molecule has 0 saturated heterocycles. The first-order chi connectivity index (χ1) is 6.13. The van der Waals surface area contributed by atoms with Crippen molar-refractivity contribution in [3.05, 3.63) is 0 Å². The minimum Gasteiger partial charge on any atom is -0.380 e. The van der Waals surface area contributed by atoms with Crippen molar-refractivity contribution >= 4 is 5.91 Å². The first-order valence-corrected chi connectivity index (χ1v) is 4.69. The smallest absolute Gasteiger partial charge is 0.231 e. The van der Waals surface area contributed by atoms with Gasteiger partial charge in [0.05, 0.1) is 13.2 Å². The van der Waals surface area contributed by atoms with Gasteiger partial charge in [0.2, 0.25) is 5.91 Å². The number of hydrogen-bond acceptors (Lipinski definition) is 3. The third kappa shape index (κ3) is 11.4. The molecule has 0 saturated carbocycles. The van der Waals surface area contributed by atoms with Gasteiger partial charge < -0.3 is 15.8 Å². The van der Waals surface area contributed by atoms with Gasteiger partial charge >= 0.3 is 0 Å². The molecule has 3 N–H and O–H groups in total.